The molecule has 0 bridgehead atoms. The maximum absolute atomic E-state index is 6.24. The van der Waals surface area contributed by atoms with E-state index in [2.05, 4.69) is 40.5 Å². The second-order valence-corrected chi connectivity index (χ2v) is 6.62. The molecule has 0 aliphatic heterocycles. The van der Waals surface area contributed by atoms with E-state index in [-0.39, 0.29) is 11.3 Å². The largest absolute Gasteiger partial charge is 0.496 e. The van der Waals surface area contributed by atoms with E-state index in [1.807, 2.05) is 6.92 Å². The van der Waals surface area contributed by atoms with Crippen molar-refractivity contribution in [3.63, 3.8) is 0 Å². The molecule has 1 rings (SSSR count). The topological polar surface area (TPSA) is 18.5 Å². The van der Waals surface area contributed by atoms with Gasteiger partial charge in [0.15, 0.2) is 0 Å². The first kappa shape index (κ1) is 17.0. The lowest BCUT2D eigenvalue weighted by Crippen LogP contribution is -2.50. The Labute approximate surface area is 124 Å². The van der Waals surface area contributed by atoms with Gasteiger partial charge < -0.3 is 9.47 Å². The predicted octanol–water partition coefficient (Wildman–Crippen LogP) is 4.88. The van der Waals surface area contributed by atoms with E-state index in [9.17, 15) is 0 Å². The van der Waals surface area contributed by atoms with Crippen molar-refractivity contribution in [2.75, 3.05) is 13.2 Å². The number of hydrogen-bond acceptors (Lipinski definition) is 2. The molecule has 2 heteroatoms. The molecule has 0 amide bonds. The first-order chi connectivity index (χ1) is 9.29. The van der Waals surface area contributed by atoms with E-state index >= 15 is 0 Å². The molecule has 0 aromatic heterocycles. The fraction of sp³-hybridized carbons (Fsp3) is 0.667. The molecular weight excluding hydrogens is 248 g/mol. The fourth-order valence-electron chi connectivity index (χ4n) is 3.36. The van der Waals surface area contributed by atoms with Gasteiger partial charge in [-0.05, 0) is 38.5 Å². The average Bonchev–Trinajstić information content (AvgIpc) is 2.35. The molecule has 20 heavy (non-hydrogen) atoms. The summed E-state index contributed by atoms with van der Waals surface area (Å²) in [6, 6.07) is 0. The molecule has 1 aliphatic carbocycles. The zero-order chi connectivity index (χ0) is 15.4. The zero-order valence-electron chi connectivity index (χ0n) is 13.6. The van der Waals surface area contributed by atoms with Crippen molar-refractivity contribution in [1.82, 2.24) is 0 Å². The average molecular weight is 278 g/mol. The summed E-state index contributed by atoms with van der Waals surface area (Å²) in [6.07, 6.45) is 4.93. The third-order valence-corrected chi connectivity index (χ3v) is 4.26. The third-order valence-electron chi connectivity index (χ3n) is 4.26. The zero-order valence-corrected chi connectivity index (χ0v) is 13.6. The maximum atomic E-state index is 6.24. The Bertz CT molecular complexity index is 381. The van der Waals surface area contributed by atoms with E-state index < -0.39 is 5.60 Å². The molecule has 1 unspecified atom stereocenters. The molecule has 0 spiro atoms. The molecule has 1 saturated carbocycles. The summed E-state index contributed by atoms with van der Waals surface area (Å²) in [5.41, 5.74) is 0.885. The summed E-state index contributed by atoms with van der Waals surface area (Å²) in [6.45, 7) is 21.9. The van der Waals surface area contributed by atoms with Gasteiger partial charge in [-0.1, -0.05) is 38.7 Å². The van der Waals surface area contributed by atoms with Crippen molar-refractivity contribution in [2.45, 2.75) is 52.6 Å². The lowest BCUT2D eigenvalue weighted by molar-refractivity contribution is -0.118. The second-order valence-electron chi connectivity index (χ2n) is 6.62. The molecule has 0 N–H and O–H groups in total. The van der Waals surface area contributed by atoms with Gasteiger partial charge >= 0.3 is 0 Å². The van der Waals surface area contributed by atoms with E-state index in [0.29, 0.717) is 13.2 Å². The minimum Gasteiger partial charge on any atom is -0.496 e. The highest BCUT2D eigenvalue weighted by molar-refractivity contribution is 5.21. The van der Waals surface area contributed by atoms with Gasteiger partial charge in [-0.2, -0.15) is 0 Å². The Hall–Kier alpha value is -1.02. The standard InChI is InChI=1S/C18H30O2/c1-8-12-20-18(15(5)19-9-2)13-17(6,7)11-10-16(18)14(3)4/h8,16H,1,3,5,9-13H2,2,4,6-7H3/t16?,18-/m1/s1. The van der Waals surface area contributed by atoms with Crippen LogP contribution in [0.3, 0.4) is 0 Å². The Morgan fingerprint density at radius 3 is 2.50 bits per heavy atom. The van der Waals surface area contributed by atoms with Crippen LogP contribution in [0.5, 0.6) is 0 Å². The highest BCUT2D eigenvalue weighted by atomic mass is 16.5. The van der Waals surface area contributed by atoms with Crippen LogP contribution in [-0.4, -0.2) is 18.8 Å². The van der Waals surface area contributed by atoms with Gasteiger partial charge in [-0.3, -0.25) is 0 Å². The SMILES string of the molecule is C=CCO[C@@]1(C(=C)OCC)CC(C)(C)CCC1C(=C)C. The Morgan fingerprint density at radius 1 is 1.35 bits per heavy atom. The second kappa shape index (κ2) is 6.62. The molecule has 1 aliphatic rings. The van der Waals surface area contributed by atoms with Crippen molar-refractivity contribution in [3.8, 4) is 0 Å². The predicted molar refractivity (Wildman–Crippen MR) is 85.6 cm³/mol. The molecule has 1 fully saturated rings. The number of hydrogen-bond donors (Lipinski definition) is 0. The molecular formula is C18H30O2. The maximum Gasteiger partial charge on any atom is 0.132 e. The van der Waals surface area contributed by atoms with Crippen LogP contribution >= 0.6 is 0 Å². The van der Waals surface area contributed by atoms with Crippen molar-refractivity contribution in [2.24, 2.45) is 11.3 Å². The van der Waals surface area contributed by atoms with Crippen LogP contribution < -0.4 is 0 Å². The van der Waals surface area contributed by atoms with Crippen LogP contribution in [0.15, 0.2) is 37.1 Å². The molecule has 0 heterocycles. The first-order valence-electron chi connectivity index (χ1n) is 7.51. The number of rotatable bonds is 7. The van der Waals surface area contributed by atoms with E-state index in [1.165, 1.54) is 6.42 Å². The molecule has 0 radical (unpaired) electrons. The molecule has 2 atom stereocenters. The van der Waals surface area contributed by atoms with E-state index in [1.54, 1.807) is 6.08 Å². The van der Waals surface area contributed by atoms with Crippen LogP contribution in [0, 0.1) is 11.3 Å². The van der Waals surface area contributed by atoms with Gasteiger partial charge in [-0.15, -0.1) is 6.58 Å². The molecule has 0 aromatic carbocycles. The first-order valence-corrected chi connectivity index (χ1v) is 7.51. The van der Waals surface area contributed by atoms with Gasteiger partial charge in [0.25, 0.3) is 0 Å². The van der Waals surface area contributed by atoms with Crippen molar-refractivity contribution in [3.05, 3.63) is 37.1 Å². The highest BCUT2D eigenvalue weighted by Crippen LogP contribution is 2.51. The molecule has 0 aromatic rings. The quantitative estimate of drug-likeness (QED) is 0.488. The summed E-state index contributed by atoms with van der Waals surface area (Å²) < 4.78 is 12.0. The summed E-state index contributed by atoms with van der Waals surface area (Å²) in [5.74, 6) is 0.997. The smallest absolute Gasteiger partial charge is 0.132 e. The summed E-state index contributed by atoms with van der Waals surface area (Å²) in [7, 11) is 0. The lowest BCUT2D eigenvalue weighted by atomic mass is 9.62. The van der Waals surface area contributed by atoms with E-state index in [4.69, 9.17) is 9.47 Å². The van der Waals surface area contributed by atoms with Crippen LogP contribution in [-0.2, 0) is 9.47 Å². The van der Waals surface area contributed by atoms with Crippen molar-refractivity contribution in [1.29, 1.82) is 0 Å². The van der Waals surface area contributed by atoms with E-state index in [0.717, 1.165) is 24.2 Å². The van der Waals surface area contributed by atoms with Gasteiger partial charge in [0, 0.05) is 5.92 Å². The van der Waals surface area contributed by atoms with Crippen LogP contribution in [0.25, 0.3) is 0 Å². The van der Waals surface area contributed by atoms with Crippen LogP contribution in [0.1, 0.15) is 47.0 Å². The van der Waals surface area contributed by atoms with Crippen LogP contribution in [0.4, 0.5) is 0 Å². The molecule has 2 nitrogen and oxygen atoms in total. The van der Waals surface area contributed by atoms with Gasteiger partial charge in [0.2, 0.25) is 0 Å². The Kier molecular flexibility index (Phi) is 5.64. The molecule has 114 valence electrons. The number of ether oxygens (including phenoxy) is 2. The molecule has 0 saturated heterocycles. The van der Waals surface area contributed by atoms with Gasteiger partial charge in [-0.25, -0.2) is 0 Å². The lowest BCUT2D eigenvalue weighted by Gasteiger charge is -2.50. The fourth-order valence-corrected chi connectivity index (χ4v) is 3.36. The Balaban J connectivity index is 3.19. The monoisotopic (exact) mass is 278 g/mol. The van der Waals surface area contributed by atoms with Gasteiger partial charge in [0.1, 0.15) is 11.4 Å². The summed E-state index contributed by atoms with van der Waals surface area (Å²) in [4.78, 5) is 0. The highest BCUT2D eigenvalue weighted by Gasteiger charge is 2.50. The summed E-state index contributed by atoms with van der Waals surface area (Å²) >= 11 is 0. The van der Waals surface area contributed by atoms with Crippen molar-refractivity contribution < 1.29 is 9.47 Å². The Morgan fingerprint density at radius 2 is 2.00 bits per heavy atom. The third kappa shape index (κ3) is 3.54. The van der Waals surface area contributed by atoms with Crippen molar-refractivity contribution >= 4 is 0 Å². The van der Waals surface area contributed by atoms with Gasteiger partial charge in [0.05, 0.1) is 13.2 Å². The minimum absolute atomic E-state index is 0.215. The van der Waals surface area contributed by atoms with Crippen LogP contribution in [0.2, 0.25) is 0 Å². The normalized spacial score (nSPS) is 28.7. The minimum atomic E-state index is -0.474. The summed E-state index contributed by atoms with van der Waals surface area (Å²) in [5, 5.41) is 0.